The van der Waals surface area contributed by atoms with Crippen LogP contribution >= 0.6 is 11.6 Å². The molecule has 4 amide bonds. The molecule has 6 heterocycles. The molecule has 344 valence electrons. The van der Waals surface area contributed by atoms with E-state index in [0.29, 0.717) is 56.1 Å². The number of imide groups is 1. The van der Waals surface area contributed by atoms with E-state index in [1.165, 1.54) is 29.4 Å². The van der Waals surface area contributed by atoms with Gasteiger partial charge in [0.05, 0.1) is 23.1 Å². The Morgan fingerprint density at radius 3 is 2.43 bits per heavy atom. The molecule has 9 rings (SSSR count). The molecule has 4 fully saturated rings. The van der Waals surface area contributed by atoms with Crippen molar-refractivity contribution in [1.29, 1.82) is 0 Å². The molecule has 0 spiro atoms. The molecule has 5 aliphatic heterocycles. The minimum absolute atomic E-state index is 0.000243. The summed E-state index contributed by atoms with van der Waals surface area (Å²) in [5.74, 6) is -2.09. The molecule has 65 heavy (non-hydrogen) atoms. The molecule has 0 aliphatic carbocycles. The quantitative estimate of drug-likeness (QED) is 0.105. The van der Waals surface area contributed by atoms with E-state index >= 15 is 8.78 Å². The van der Waals surface area contributed by atoms with E-state index in [0.717, 1.165) is 88.7 Å². The minimum atomic E-state index is -0.759. The SMILES string of the molecule is O=C1CCC(N2Cc3c(cc(F)cc3C3CCN(CCCCCCCOc4cccc(F)c4-c4c(Cl)cc5c(N6CCN(C(=O)C7CCNC7)CC6)ncnc5c4F)CC3)C2=O)C(=O)N1. The number of amides is 4. The van der Waals surface area contributed by atoms with Gasteiger partial charge in [-0.15, -0.1) is 0 Å². The van der Waals surface area contributed by atoms with Crippen LogP contribution in [0.2, 0.25) is 5.02 Å². The maximum atomic E-state index is 16.5. The molecule has 17 heteroatoms. The topological polar surface area (TPSA) is 140 Å². The van der Waals surface area contributed by atoms with Crippen LogP contribution in [0.15, 0.2) is 42.7 Å². The van der Waals surface area contributed by atoms with Crippen LogP contribution in [0.5, 0.6) is 5.75 Å². The van der Waals surface area contributed by atoms with Crippen molar-refractivity contribution < 1.29 is 37.1 Å². The molecular formula is C48H54ClF3N8O5. The Morgan fingerprint density at radius 1 is 0.877 bits per heavy atom. The van der Waals surface area contributed by atoms with Gasteiger partial charge < -0.3 is 29.7 Å². The summed E-state index contributed by atoms with van der Waals surface area (Å²) in [6, 6.07) is 8.07. The highest BCUT2D eigenvalue weighted by Gasteiger charge is 2.41. The van der Waals surface area contributed by atoms with Gasteiger partial charge in [0, 0.05) is 62.2 Å². The number of aromatic nitrogens is 2. The predicted octanol–water partition coefficient (Wildman–Crippen LogP) is 6.60. The van der Waals surface area contributed by atoms with Crippen molar-refractivity contribution >= 4 is 52.0 Å². The van der Waals surface area contributed by atoms with Crippen LogP contribution in [0.1, 0.15) is 91.6 Å². The smallest absolute Gasteiger partial charge is 0.255 e. The molecule has 0 saturated carbocycles. The second-order valence-electron chi connectivity index (χ2n) is 17.9. The lowest BCUT2D eigenvalue weighted by atomic mass is 9.85. The van der Waals surface area contributed by atoms with Crippen LogP contribution in [0, 0.1) is 23.4 Å². The number of unbranched alkanes of at least 4 members (excludes halogenated alkanes) is 4. The zero-order valence-corrected chi connectivity index (χ0v) is 37.1. The maximum absolute atomic E-state index is 16.5. The van der Waals surface area contributed by atoms with Crippen LogP contribution in [0.4, 0.5) is 19.0 Å². The summed E-state index contributed by atoms with van der Waals surface area (Å²) >= 11 is 6.78. The predicted molar refractivity (Wildman–Crippen MR) is 239 cm³/mol. The number of halogens is 4. The number of ether oxygens (including phenoxy) is 1. The standard InChI is InChI=1S/C48H54ClF3N8O5/c49-36-25-34-44(54-28-55-45(34)58-18-20-59(21-19-58)47(63)30-11-14-53-26-30)43(52)41(36)42-37(51)7-6-8-39(42)65-22-5-3-1-2-4-15-57-16-12-29(13-17-57)32-23-31(50)24-33-35(32)27-60(48(33)64)38-9-10-40(61)56-46(38)62/h6-8,23-25,28-30,38,53H,1-5,9-22,26-27H2,(H,56,61,62). The van der Waals surface area contributed by atoms with Crippen LogP contribution in [0.3, 0.4) is 0 Å². The van der Waals surface area contributed by atoms with Gasteiger partial charge in [-0.2, -0.15) is 0 Å². The summed E-state index contributed by atoms with van der Waals surface area (Å²) in [5, 5.41) is 6.00. The molecule has 2 atom stereocenters. The Kier molecular flexibility index (Phi) is 13.6. The van der Waals surface area contributed by atoms with E-state index in [1.807, 2.05) is 9.80 Å². The highest BCUT2D eigenvalue weighted by atomic mass is 35.5. The fourth-order valence-electron chi connectivity index (χ4n) is 10.4. The third-order valence-corrected chi connectivity index (χ3v) is 14.2. The molecule has 13 nitrogen and oxygen atoms in total. The average Bonchev–Trinajstić information content (AvgIpc) is 3.96. The van der Waals surface area contributed by atoms with Crippen molar-refractivity contribution in [2.75, 3.05) is 70.4 Å². The summed E-state index contributed by atoms with van der Waals surface area (Å²) in [4.78, 5) is 67.1. The molecule has 4 saturated heterocycles. The second-order valence-corrected chi connectivity index (χ2v) is 18.3. The molecular weight excluding hydrogens is 861 g/mol. The summed E-state index contributed by atoms with van der Waals surface area (Å²) in [6.07, 6.45) is 8.89. The van der Waals surface area contributed by atoms with E-state index < -0.39 is 29.4 Å². The monoisotopic (exact) mass is 914 g/mol. The van der Waals surface area contributed by atoms with E-state index in [-0.39, 0.29) is 76.4 Å². The van der Waals surface area contributed by atoms with Crippen molar-refractivity contribution in [2.24, 2.45) is 5.92 Å². The van der Waals surface area contributed by atoms with Gasteiger partial charge in [0.25, 0.3) is 5.91 Å². The first-order valence-electron chi connectivity index (χ1n) is 23.0. The molecule has 1 aromatic heterocycles. The maximum Gasteiger partial charge on any atom is 0.255 e. The molecule has 3 aromatic carbocycles. The lowest BCUT2D eigenvalue weighted by Gasteiger charge is -2.36. The van der Waals surface area contributed by atoms with E-state index in [4.69, 9.17) is 16.3 Å². The van der Waals surface area contributed by atoms with Gasteiger partial charge in [-0.05, 0) is 112 Å². The highest BCUT2D eigenvalue weighted by Crippen LogP contribution is 2.43. The molecule has 2 N–H and O–H groups in total. The Bertz CT molecular complexity index is 2470. The van der Waals surface area contributed by atoms with E-state index in [9.17, 15) is 23.6 Å². The molecule has 4 aromatic rings. The number of anilines is 1. The van der Waals surface area contributed by atoms with Gasteiger partial charge in [0.2, 0.25) is 17.7 Å². The second kappa shape index (κ2) is 19.6. The van der Waals surface area contributed by atoms with Crippen LogP contribution in [0.25, 0.3) is 22.0 Å². The van der Waals surface area contributed by atoms with Gasteiger partial charge in [-0.1, -0.05) is 36.9 Å². The first-order valence-corrected chi connectivity index (χ1v) is 23.4. The fraction of sp³-hybridized carbons (Fsp3) is 0.500. The lowest BCUT2D eigenvalue weighted by molar-refractivity contribution is -0.137. The van der Waals surface area contributed by atoms with Crippen molar-refractivity contribution in [3.63, 3.8) is 0 Å². The van der Waals surface area contributed by atoms with Gasteiger partial charge in [0.1, 0.15) is 41.1 Å². The van der Waals surface area contributed by atoms with E-state index in [1.54, 1.807) is 18.2 Å². The number of carbonyl (C=O) groups is 4. The van der Waals surface area contributed by atoms with Gasteiger partial charge >= 0.3 is 0 Å². The number of rotatable bonds is 14. The Balaban J connectivity index is 0.738. The largest absolute Gasteiger partial charge is 0.493 e. The van der Waals surface area contributed by atoms with E-state index in [2.05, 4.69) is 25.5 Å². The van der Waals surface area contributed by atoms with Crippen molar-refractivity contribution in [1.82, 2.24) is 35.3 Å². The fourth-order valence-corrected chi connectivity index (χ4v) is 10.6. The van der Waals surface area contributed by atoms with Crippen molar-refractivity contribution in [3.05, 3.63) is 81.9 Å². The number of benzene rings is 3. The first kappa shape index (κ1) is 44.9. The summed E-state index contributed by atoms with van der Waals surface area (Å²) in [6.45, 7) is 6.86. The van der Waals surface area contributed by atoms with Gasteiger partial charge in [-0.3, -0.25) is 24.5 Å². The van der Waals surface area contributed by atoms with Crippen LogP contribution in [-0.4, -0.2) is 120 Å². The van der Waals surface area contributed by atoms with Gasteiger partial charge in [-0.25, -0.2) is 23.1 Å². The van der Waals surface area contributed by atoms with Crippen LogP contribution in [-0.2, 0) is 20.9 Å². The zero-order chi connectivity index (χ0) is 45.2. The molecule has 5 aliphatic rings. The third-order valence-electron chi connectivity index (χ3n) is 13.9. The highest BCUT2D eigenvalue weighted by molar-refractivity contribution is 6.34. The number of piperazine rings is 1. The number of carbonyl (C=O) groups excluding carboxylic acids is 4. The molecule has 0 bridgehead atoms. The average molecular weight is 915 g/mol. The first-order chi connectivity index (χ1) is 31.5. The summed E-state index contributed by atoms with van der Waals surface area (Å²) in [5.41, 5.74) is 1.80. The lowest BCUT2D eigenvalue weighted by Crippen LogP contribution is -2.52. The summed E-state index contributed by atoms with van der Waals surface area (Å²) < 4.78 is 53.1. The number of hydrogen-bond donors (Lipinski definition) is 2. The zero-order valence-electron chi connectivity index (χ0n) is 36.4. The number of piperidine rings is 2. The summed E-state index contributed by atoms with van der Waals surface area (Å²) in [7, 11) is 0. The van der Waals surface area contributed by atoms with Gasteiger partial charge in [0.15, 0.2) is 5.82 Å². The Labute approximate surface area is 381 Å². The normalized spacial score (nSPS) is 20.8. The Hall–Kier alpha value is -5.32. The molecule has 2 unspecified atom stereocenters. The number of fused-ring (bicyclic) bond motifs is 2. The number of hydrogen-bond acceptors (Lipinski definition) is 10. The molecule has 0 radical (unpaired) electrons. The number of nitrogens with one attached hydrogen (secondary N) is 2. The number of likely N-dealkylation sites (tertiary alicyclic amines) is 1. The van der Waals surface area contributed by atoms with Crippen molar-refractivity contribution in [3.8, 4) is 16.9 Å². The van der Waals surface area contributed by atoms with Crippen molar-refractivity contribution in [2.45, 2.75) is 82.7 Å². The number of nitrogens with zero attached hydrogens (tertiary/aromatic N) is 6. The minimum Gasteiger partial charge on any atom is -0.493 e. The third kappa shape index (κ3) is 9.39. The Morgan fingerprint density at radius 2 is 1.66 bits per heavy atom. The van der Waals surface area contributed by atoms with Crippen LogP contribution < -0.4 is 20.3 Å².